The minimum absolute atomic E-state index is 0.0643. The van der Waals surface area contributed by atoms with Gasteiger partial charge in [-0.25, -0.2) is 9.97 Å². The molecule has 2 aliphatic carbocycles. The summed E-state index contributed by atoms with van der Waals surface area (Å²) in [5, 5.41) is 19.9. The summed E-state index contributed by atoms with van der Waals surface area (Å²) in [4.78, 5) is 24.1. The number of imidazole rings is 2. The van der Waals surface area contributed by atoms with Crippen LogP contribution in [0.2, 0.25) is 0 Å². The van der Waals surface area contributed by atoms with Gasteiger partial charge in [-0.2, -0.15) is 19.9 Å². The monoisotopic (exact) mass is 576 g/mol. The number of ether oxygens (including phenoxy) is 2. The summed E-state index contributed by atoms with van der Waals surface area (Å²) in [7, 11) is -2.91. The van der Waals surface area contributed by atoms with Gasteiger partial charge in [0.2, 0.25) is 23.7 Å². The number of nitrogen functional groups attached to an aromatic ring is 2. The molecule has 4 unspecified atom stereocenters. The van der Waals surface area contributed by atoms with Crippen LogP contribution in [0.25, 0.3) is 22.3 Å². The van der Waals surface area contributed by atoms with E-state index in [-0.39, 0.29) is 60.1 Å². The average molecular weight is 577 g/mol. The van der Waals surface area contributed by atoms with E-state index in [1.54, 1.807) is 9.13 Å². The predicted octanol–water partition coefficient (Wildman–Crippen LogP) is 1.17. The van der Waals surface area contributed by atoms with Gasteiger partial charge in [-0.1, -0.05) is 13.8 Å². The Bertz CT molecular complexity index is 1500. The quantitative estimate of drug-likeness (QED) is 0.137. The third kappa shape index (κ3) is 4.90. The minimum Gasteiger partial charge on any atom is -0.492 e. The van der Waals surface area contributed by atoms with E-state index in [0.29, 0.717) is 24.4 Å². The molecular weight excluding hydrogens is 547 g/mol. The largest absolute Gasteiger partial charge is 0.492 e. The highest BCUT2D eigenvalue weighted by Gasteiger charge is 2.54. The summed E-state index contributed by atoms with van der Waals surface area (Å²) in [5.74, 6) is -0.312. The lowest BCUT2D eigenvalue weighted by molar-refractivity contribution is -0.0870. The standard InChI is InChI=1S/C22H29N10O7P/c1-11-3-21(11,5-31-7-25-13-15(31)27-19(23)29-17(13)33)36-9-38-40(35)39-10-37-22(4-12(22)2)6-32-8-26-14-16(32)28-20(24)30-18(14)34/h7-8,11-12,40H,3-6,9-10H2,1-2H3,(H3,23,27,29,33)(H3,24,28,30,34). The molecule has 4 atom stereocenters. The van der Waals surface area contributed by atoms with Crippen molar-refractivity contribution in [2.75, 3.05) is 25.1 Å². The second-order valence-electron chi connectivity index (χ2n) is 10.3. The minimum atomic E-state index is -2.91. The third-order valence-corrected chi connectivity index (χ3v) is 8.33. The Labute approximate surface area is 227 Å². The van der Waals surface area contributed by atoms with Crippen molar-refractivity contribution in [2.45, 2.75) is 51.0 Å². The van der Waals surface area contributed by atoms with Gasteiger partial charge in [0.1, 0.15) is 0 Å². The Balaban J connectivity index is 0.997. The average Bonchev–Trinajstić information content (AvgIpc) is 3.53. The number of aromatic hydroxyl groups is 2. The number of nitrogens with zero attached hydrogens (tertiary/aromatic N) is 8. The molecule has 0 spiro atoms. The summed E-state index contributed by atoms with van der Waals surface area (Å²) >= 11 is 0. The lowest BCUT2D eigenvalue weighted by Gasteiger charge is -2.20. The summed E-state index contributed by atoms with van der Waals surface area (Å²) in [6.07, 6.45) is 4.55. The van der Waals surface area contributed by atoms with E-state index in [0.717, 1.165) is 12.8 Å². The molecule has 0 saturated heterocycles. The second kappa shape index (κ2) is 9.78. The number of anilines is 2. The van der Waals surface area contributed by atoms with E-state index in [2.05, 4.69) is 29.9 Å². The Morgan fingerprint density at radius 2 is 1.25 bits per heavy atom. The number of aromatic nitrogens is 8. The highest BCUT2D eigenvalue weighted by Crippen LogP contribution is 2.50. The SMILES string of the molecule is CC1CC1(Cn1cnc2c(O)nc(N)nc21)OCO[PH](=O)OCOC1(Cn2cnc3c(O)nc(N)nc32)CC1C. The van der Waals surface area contributed by atoms with E-state index in [9.17, 15) is 14.8 Å². The van der Waals surface area contributed by atoms with Crippen molar-refractivity contribution in [2.24, 2.45) is 11.8 Å². The zero-order valence-corrected chi connectivity index (χ0v) is 22.7. The van der Waals surface area contributed by atoms with Crippen molar-refractivity contribution in [1.29, 1.82) is 0 Å². The van der Waals surface area contributed by atoms with Crippen LogP contribution in [-0.4, -0.2) is 74.0 Å². The smallest absolute Gasteiger partial charge is 0.323 e. The molecule has 4 aromatic rings. The van der Waals surface area contributed by atoms with Gasteiger partial charge in [-0.15, -0.1) is 0 Å². The van der Waals surface area contributed by atoms with E-state index in [1.165, 1.54) is 12.7 Å². The lowest BCUT2D eigenvalue weighted by Crippen LogP contribution is -2.25. The van der Waals surface area contributed by atoms with Gasteiger partial charge in [0.15, 0.2) is 35.9 Å². The zero-order valence-electron chi connectivity index (χ0n) is 21.7. The maximum absolute atomic E-state index is 12.4. The highest BCUT2D eigenvalue weighted by molar-refractivity contribution is 7.33. The fourth-order valence-electron chi connectivity index (χ4n) is 4.98. The molecule has 4 heterocycles. The summed E-state index contributed by atoms with van der Waals surface area (Å²) in [5.41, 5.74) is 11.4. The molecule has 0 aromatic carbocycles. The maximum atomic E-state index is 12.4. The van der Waals surface area contributed by atoms with Gasteiger partial charge in [0.05, 0.1) is 36.9 Å². The molecule has 40 heavy (non-hydrogen) atoms. The molecule has 0 bridgehead atoms. The number of nitrogens with two attached hydrogens (primary N) is 2. The van der Waals surface area contributed by atoms with Crippen LogP contribution in [0.15, 0.2) is 12.7 Å². The summed E-state index contributed by atoms with van der Waals surface area (Å²) in [6, 6.07) is 0. The van der Waals surface area contributed by atoms with E-state index < -0.39 is 19.5 Å². The summed E-state index contributed by atoms with van der Waals surface area (Å²) < 4.78 is 38.4. The van der Waals surface area contributed by atoms with Crippen LogP contribution in [0.3, 0.4) is 0 Å². The number of fused-ring (bicyclic) bond motifs is 2. The van der Waals surface area contributed by atoms with Crippen molar-refractivity contribution < 1.29 is 33.3 Å². The molecule has 0 amide bonds. The molecule has 0 aliphatic heterocycles. The first-order valence-electron chi connectivity index (χ1n) is 12.5. The van der Waals surface area contributed by atoms with Gasteiger partial charge < -0.3 is 40.3 Å². The van der Waals surface area contributed by atoms with Crippen molar-refractivity contribution in [3.05, 3.63) is 12.7 Å². The van der Waals surface area contributed by atoms with Crippen molar-refractivity contribution in [3.8, 4) is 11.8 Å². The number of hydrogen-bond acceptors (Lipinski definition) is 15. The van der Waals surface area contributed by atoms with Crippen LogP contribution >= 0.6 is 8.25 Å². The molecule has 6 N–H and O–H groups in total. The Morgan fingerprint density at radius 1 is 0.850 bits per heavy atom. The number of hydrogen-bond donors (Lipinski definition) is 4. The molecule has 0 radical (unpaired) electrons. The molecule has 2 aliphatic rings. The maximum Gasteiger partial charge on any atom is 0.323 e. The molecular formula is C22H29N10O7P. The molecule has 6 rings (SSSR count). The first-order chi connectivity index (χ1) is 19.1. The van der Waals surface area contributed by atoms with Crippen molar-refractivity contribution in [3.63, 3.8) is 0 Å². The normalized spacial score (nSPS) is 26.4. The van der Waals surface area contributed by atoms with E-state index in [1.807, 2.05) is 13.8 Å². The van der Waals surface area contributed by atoms with Crippen LogP contribution < -0.4 is 11.5 Å². The highest BCUT2D eigenvalue weighted by atomic mass is 31.1. The fourth-order valence-corrected chi connectivity index (χ4v) is 5.38. The Kier molecular flexibility index (Phi) is 6.50. The molecule has 18 heteroatoms. The Hall–Kier alpha value is -3.63. The fraction of sp³-hybridized carbons (Fsp3) is 0.545. The van der Waals surface area contributed by atoms with Crippen LogP contribution in [0.5, 0.6) is 11.8 Å². The first kappa shape index (κ1) is 26.6. The molecule has 214 valence electrons. The van der Waals surface area contributed by atoms with Gasteiger partial charge >= 0.3 is 8.25 Å². The zero-order chi connectivity index (χ0) is 28.2. The molecule has 2 fully saturated rings. The third-order valence-electron chi connectivity index (χ3n) is 7.63. The van der Waals surface area contributed by atoms with Crippen LogP contribution in [0.4, 0.5) is 11.9 Å². The Morgan fingerprint density at radius 3 is 1.62 bits per heavy atom. The number of rotatable bonds is 12. The van der Waals surface area contributed by atoms with Crippen molar-refractivity contribution >= 4 is 42.5 Å². The van der Waals surface area contributed by atoms with Crippen LogP contribution in [0.1, 0.15) is 26.7 Å². The summed E-state index contributed by atoms with van der Waals surface area (Å²) in [6.45, 7) is 4.32. The lowest BCUT2D eigenvalue weighted by atomic mass is 10.2. The van der Waals surface area contributed by atoms with Crippen molar-refractivity contribution in [1.82, 2.24) is 39.0 Å². The van der Waals surface area contributed by atoms with Gasteiger partial charge in [0, 0.05) is 0 Å². The van der Waals surface area contributed by atoms with Crippen LogP contribution in [0, 0.1) is 11.8 Å². The van der Waals surface area contributed by atoms with Crippen LogP contribution in [-0.2, 0) is 36.2 Å². The first-order valence-corrected chi connectivity index (χ1v) is 13.7. The topological polar surface area (TPSA) is 234 Å². The van der Waals surface area contributed by atoms with Gasteiger partial charge in [0.25, 0.3) is 0 Å². The van der Waals surface area contributed by atoms with Gasteiger partial charge in [-0.3, -0.25) is 13.6 Å². The predicted molar refractivity (Wildman–Crippen MR) is 139 cm³/mol. The molecule has 4 aromatic heterocycles. The van der Waals surface area contributed by atoms with E-state index >= 15 is 0 Å². The molecule has 17 nitrogen and oxygen atoms in total. The second-order valence-corrected chi connectivity index (χ2v) is 11.4. The van der Waals surface area contributed by atoms with E-state index in [4.69, 9.17) is 30.0 Å². The van der Waals surface area contributed by atoms with Gasteiger partial charge in [-0.05, 0) is 24.7 Å². The molecule has 2 saturated carbocycles.